The van der Waals surface area contributed by atoms with E-state index in [2.05, 4.69) is 26.1 Å². The van der Waals surface area contributed by atoms with Crippen LogP contribution >= 0.6 is 27.3 Å². The molecule has 0 fully saturated rings. The van der Waals surface area contributed by atoms with Crippen molar-refractivity contribution in [1.82, 2.24) is 9.40 Å². The number of halogens is 1. The molecule has 2 aromatic heterocycles. The third kappa shape index (κ3) is 3.77. The Morgan fingerprint density at radius 1 is 1.19 bits per heavy atom. The number of nitrogens with one attached hydrogen (secondary N) is 2. The van der Waals surface area contributed by atoms with Crippen molar-refractivity contribution in [2.45, 2.75) is 11.4 Å². The Labute approximate surface area is 158 Å². The number of sulfonamides is 1. The summed E-state index contributed by atoms with van der Waals surface area (Å²) in [6, 6.07) is 7.30. The van der Waals surface area contributed by atoms with Crippen molar-refractivity contribution in [3.63, 3.8) is 0 Å². The van der Waals surface area contributed by atoms with Crippen LogP contribution in [0.5, 0.6) is 0 Å². The van der Waals surface area contributed by atoms with Crippen molar-refractivity contribution in [3.05, 3.63) is 66.0 Å². The van der Waals surface area contributed by atoms with E-state index in [-0.39, 0.29) is 22.0 Å². The summed E-state index contributed by atoms with van der Waals surface area (Å²) in [4.78, 5) is 33.8. The maximum Gasteiger partial charge on any atom is 0.340 e. The lowest BCUT2D eigenvalue weighted by molar-refractivity contribution is 0.0698. The smallest absolute Gasteiger partial charge is 0.340 e. The highest BCUT2D eigenvalue weighted by Gasteiger charge is 2.22. The molecule has 1 aromatic carbocycles. The molecule has 12 heteroatoms. The molecular formula is C14H10BrN3O6S2. The van der Waals surface area contributed by atoms with Crippen LogP contribution in [-0.2, 0) is 16.6 Å². The molecule has 0 aliphatic heterocycles. The number of carboxylic acids is 1. The summed E-state index contributed by atoms with van der Waals surface area (Å²) in [6.45, 7) is -0.146. The van der Waals surface area contributed by atoms with Gasteiger partial charge in [0.2, 0.25) is 10.0 Å². The Bertz CT molecular complexity index is 1130. The maximum atomic E-state index is 12.3. The molecule has 0 saturated carbocycles. The molecule has 136 valence electrons. The second-order valence-corrected chi connectivity index (χ2v) is 8.92. The molecule has 0 atom stereocenters. The molecule has 0 aliphatic rings. The molecule has 0 unspecified atom stereocenters. The van der Waals surface area contributed by atoms with Crippen LogP contribution in [0.3, 0.4) is 0 Å². The van der Waals surface area contributed by atoms with Crippen molar-refractivity contribution in [3.8, 4) is 0 Å². The Balaban J connectivity index is 1.78. The summed E-state index contributed by atoms with van der Waals surface area (Å²) in [5.41, 5.74) is 0.702. The molecule has 0 bridgehead atoms. The van der Waals surface area contributed by atoms with Crippen LogP contribution in [0.2, 0.25) is 0 Å². The number of carbonyl (C=O) groups is 1. The van der Waals surface area contributed by atoms with Crippen molar-refractivity contribution in [2.75, 3.05) is 5.43 Å². The highest BCUT2D eigenvalue weighted by atomic mass is 79.9. The van der Waals surface area contributed by atoms with Gasteiger partial charge in [-0.15, -0.1) is 11.3 Å². The lowest BCUT2D eigenvalue weighted by Gasteiger charge is -2.05. The largest absolute Gasteiger partial charge is 0.478 e. The average molecular weight is 460 g/mol. The van der Waals surface area contributed by atoms with E-state index in [1.807, 2.05) is 0 Å². The number of hydrogen-bond acceptors (Lipinski definition) is 7. The van der Waals surface area contributed by atoms with Crippen molar-refractivity contribution in [2.24, 2.45) is 0 Å². The third-order valence-electron chi connectivity index (χ3n) is 3.33. The third-order valence-corrected chi connectivity index (χ3v) is 6.31. The average Bonchev–Trinajstić information content (AvgIpc) is 2.98. The molecule has 3 rings (SSSR count). The van der Waals surface area contributed by atoms with Gasteiger partial charge in [0, 0.05) is 15.9 Å². The molecule has 9 nitrogen and oxygen atoms in total. The van der Waals surface area contributed by atoms with E-state index in [0.717, 1.165) is 15.8 Å². The van der Waals surface area contributed by atoms with E-state index in [0.29, 0.717) is 9.55 Å². The van der Waals surface area contributed by atoms with E-state index >= 15 is 0 Å². The SMILES string of the molecule is O=C(O)c1cc(CNS(=O)(=O)c2ccc(Br)cc2)sc1Nn1c(=O)c1=O. The van der Waals surface area contributed by atoms with Crippen LogP contribution in [0, 0.1) is 0 Å². The predicted molar refractivity (Wildman–Crippen MR) is 97.8 cm³/mol. The van der Waals surface area contributed by atoms with Gasteiger partial charge in [-0.2, -0.15) is 4.68 Å². The molecule has 0 saturated heterocycles. The normalized spacial score (nSPS) is 11.7. The van der Waals surface area contributed by atoms with Gasteiger partial charge in [0.05, 0.1) is 10.5 Å². The number of hydrogen-bond donors (Lipinski definition) is 3. The second kappa shape index (κ2) is 6.79. The summed E-state index contributed by atoms with van der Waals surface area (Å²) in [6.07, 6.45) is 0. The lowest BCUT2D eigenvalue weighted by Crippen LogP contribution is -2.22. The predicted octanol–water partition coefficient (Wildman–Crippen LogP) is 0.960. The first-order chi connectivity index (χ1) is 12.2. The van der Waals surface area contributed by atoms with Crippen LogP contribution in [-0.4, -0.2) is 24.2 Å². The highest BCUT2D eigenvalue weighted by molar-refractivity contribution is 9.10. The molecule has 0 radical (unpaired) electrons. The number of aromatic nitrogens is 1. The number of carboxylic acid groups (broad SMARTS) is 1. The zero-order valence-corrected chi connectivity index (χ0v) is 15.9. The van der Waals surface area contributed by atoms with Crippen LogP contribution in [0.25, 0.3) is 0 Å². The van der Waals surface area contributed by atoms with Crippen LogP contribution in [0.1, 0.15) is 15.2 Å². The number of rotatable bonds is 7. The van der Waals surface area contributed by atoms with E-state index < -0.39 is 27.1 Å². The van der Waals surface area contributed by atoms with Gasteiger partial charge in [0.15, 0.2) is 0 Å². The van der Waals surface area contributed by atoms with Gasteiger partial charge in [0.1, 0.15) is 5.00 Å². The maximum absolute atomic E-state index is 12.3. The molecular weight excluding hydrogens is 450 g/mol. The van der Waals surface area contributed by atoms with E-state index in [1.54, 1.807) is 12.1 Å². The Morgan fingerprint density at radius 2 is 1.81 bits per heavy atom. The lowest BCUT2D eigenvalue weighted by atomic mass is 10.3. The van der Waals surface area contributed by atoms with Crippen molar-refractivity contribution >= 4 is 48.3 Å². The topological polar surface area (TPSA) is 135 Å². The number of benzene rings is 1. The molecule has 0 aliphatic carbocycles. The fourth-order valence-corrected chi connectivity index (χ4v) is 4.31. The summed E-state index contributed by atoms with van der Waals surface area (Å²) < 4.78 is 28.3. The summed E-state index contributed by atoms with van der Waals surface area (Å²) >= 11 is 4.14. The zero-order chi connectivity index (χ0) is 19.1. The summed E-state index contributed by atoms with van der Waals surface area (Å²) in [5.74, 6) is -1.27. The molecule has 0 spiro atoms. The van der Waals surface area contributed by atoms with Gasteiger partial charge in [-0.05, 0) is 30.3 Å². The van der Waals surface area contributed by atoms with Gasteiger partial charge < -0.3 is 5.11 Å². The quantitative estimate of drug-likeness (QED) is 0.447. The van der Waals surface area contributed by atoms with Crippen LogP contribution in [0.15, 0.2) is 49.3 Å². The first-order valence-corrected chi connectivity index (χ1v) is 10.0. The Hall–Kier alpha value is -2.28. The van der Waals surface area contributed by atoms with Gasteiger partial charge in [-0.1, -0.05) is 15.9 Å². The Morgan fingerprint density at radius 3 is 2.35 bits per heavy atom. The Kier molecular flexibility index (Phi) is 4.84. The molecule has 3 aromatic rings. The van der Waals surface area contributed by atoms with E-state index in [4.69, 9.17) is 0 Å². The standard InChI is InChI=1S/C14H10BrN3O6S2/c15-7-1-3-9(4-2-7)26(23,24)16-6-8-5-10(14(21)22)11(25-8)17-18-12(19)13(18)20/h1-5,16-17H,6H2,(H,21,22). The first-order valence-electron chi connectivity index (χ1n) is 6.95. The van der Waals surface area contributed by atoms with Gasteiger partial charge in [0.25, 0.3) is 0 Å². The fraction of sp³-hybridized carbons (Fsp3) is 0.0714. The van der Waals surface area contributed by atoms with Gasteiger partial charge in [-0.25, -0.2) is 17.9 Å². The van der Waals surface area contributed by atoms with Gasteiger partial charge in [-0.3, -0.25) is 15.0 Å². The number of aromatic carboxylic acids is 1. The van der Waals surface area contributed by atoms with Crippen molar-refractivity contribution in [1.29, 1.82) is 0 Å². The van der Waals surface area contributed by atoms with E-state index in [9.17, 15) is 27.9 Å². The van der Waals surface area contributed by atoms with E-state index in [1.165, 1.54) is 18.2 Å². The van der Waals surface area contributed by atoms with Crippen LogP contribution in [0.4, 0.5) is 5.00 Å². The second-order valence-electron chi connectivity index (χ2n) is 5.10. The number of nitrogens with zero attached hydrogens (tertiary/aromatic N) is 1. The molecule has 2 heterocycles. The first kappa shape index (κ1) is 18.5. The summed E-state index contributed by atoms with van der Waals surface area (Å²) in [5, 5.41) is 9.28. The molecule has 0 amide bonds. The highest BCUT2D eigenvalue weighted by Crippen LogP contribution is 2.28. The monoisotopic (exact) mass is 459 g/mol. The minimum absolute atomic E-state index is 0.0642. The number of anilines is 1. The molecule has 26 heavy (non-hydrogen) atoms. The summed E-state index contributed by atoms with van der Waals surface area (Å²) in [7, 11) is -3.78. The number of thiophene rings is 1. The van der Waals surface area contributed by atoms with Crippen molar-refractivity contribution < 1.29 is 18.3 Å². The van der Waals surface area contributed by atoms with Gasteiger partial charge >= 0.3 is 17.1 Å². The molecule has 3 N–H and O–H groups in total. The zero-order valence-electron chi connectivity index (χ0n) is 12.7. The minimum Gasteiger partial charge on any atom is -0.478 e. The minimum atomic E-state index is -3.78. The fourth-order valence-electron chi connectivity index (χ4n) is 1.97. The van der Waals surface area contributed by atoms with Crippen LogP contribution < -0.4 is 21.3 Å².